The minimum Gasteiger partial charge on any atom is -0.327 e. The van der Waals surface area contributed by atoms with Crippen molar-refractivity contribution < 1.29 is 0 Å². The summed E-state index contributed by atoms with van der Waals surface area (Å²) < 4.78 is 0. The van der Waals surface area contributed by atoms with Crippen molar-refractivity contribution in [1.82, 2.24) is 0 Å². The van der Waals surface area contributed by atoms with Crippen molar-refractivity contribution in [2.45, 2.75) is 51.0 Å². The lowest BCUT2D eigenvalue weighted by Gasteiger charge is -2.23. The molecule has 2 rings (SSSR count). The van der Waals surface area contributed by atoms with Crippen LogP contribution in [0.15, 0.2) is 24.3 Å². The van der Waals surface area contributed by atoms with Gasteiger partial charge in [-0.15, -0.1) is 0 Å². The van der Waals surface area contributed by atoms with Crippen molar-refractivity contribution in [2.75, 3.05) is 0 Å². The van der Waals surface area contributed by atoms with Gasteiger partial charge in [0, 0.05) is 6.04 Å². The number of rotatable bonds is 1. The van der Waals surface area contributed by atoms with Crippen molar-refractivity contribution in [3.63, 3.8) is 0 Å². The smallest absolute Gasteiger partial charge is 0.0108 e. The molecule has 0 heterocycles. The molecule has 0 saturated heterocycles. The van der Waals surface area contributed by atoms with Crippen LogP contribution in [0, 0.1) is 6.92 Å². The summed E-state index contributed by atoms with van der Waals surface area (Å²) in [4.78, 5) is 0. The predicted octanol–water partition coefficient (Wildman–Crippen LogP) is 3.37. The largest absolute Gasteiger partial charge is 0.327 e. The van der Waals surface area contributed by atoms with E-state index in [2.05, 4.69) is 31.2 Å². The topological polar surface area (TPSA) is 26.0 Å². The average Bonchev–Trinajstić information content (AvgIpc) is 2.44. The van der Waals surface area contributed by atoms with E-state index in [0.29, 0.717) is 12.0 Å². The highest BCUT2D eigenvalue weighted by Crippen LogP contribution is 2.32. The Labute approximate surface area is 92.7 Å². The zero-order chi connectivity index (χ0) is 10.7. The van der Waals surface area contributed by atoms with E-state index in [4.69, 9.17) is 5.73 Å². The molecule has 1 aliphatic carbocycles. The molecule has 0 spiro atoms. The van der Waals surface area contributed by atoms with Gasteiger partial charge in [0.2, 0.25) is 0 Å². The number of hydrogen-bond donors (Lipinski definition) is 1. The second-order valence-electron chi connectivity index (χ2n) is 4.76. The van der Waals surface area contributed by atoms with Crippen molar-refractivity contribution in [3.05, 3.63) is 35.4 Å². The fraction of sp³-hybridized carbons (Fsp3) is 0.571. The van der Waals surface area contributed by atoms with Crippen LogP contribution in [0.25, 0.3) is 0 Å². The lowest BCUT2D eigenvalue weighted by Crippen LogP contribution is -2.27. The fourth-order valence-corrected chi connectivity index (χ4v) is 2.73. The van der Waals surface area contributed by atoms with E-state index in [1.54, 1.807) is 0 Å². The maximum absolute atomic E-state index is 6.28. The molecule has 2 unspecified atom stereocenters. The van der Waals surface area contributed by atoms with E-state index < -0.39 is 0 Å². The third kappa shape index (κ3) is 2.40. The van der Waals surface area contributed by atoms with E-state index in [0.717, 1.165) is 0 Å². The van der Waals surface area contributed by atoms with Crippen LogP contribution in [-0.4, -0.2) is 6.04 Å². The molecule has 0 aliphatic heterocycles. The Morgan fingerprint density at radius 3 is 2.60 bits per heavy atom. The van der Waals surface area contributed by atoms with Crippen LogP contribution in [-0.2, 0) is 0 Å². The molecule has 0 radical (unpaired) electrons. The quantitative estimate of drug-likeness (QED) is 0.696. The van der Waals surface area contributed by atoms with E-state index in [9.17, 15) is 0 Å². The van der Waals surface area contributed by atoms with Gasteiger partial charge in [-0.25, -0.2) is 0 Å². The van der Waals surface area contributed by atoms with Gasteiger partial charge in [-0.2, -0.15) is 0 Å². The molecule has 1 aliphatic rings. The van der Waals surface area contributed by atoms with Crippen LogP contribution in [0.2, 0.25) is 0 Å². The van der Waals surface area contributed by atoms with Crippen molar-refractivity contribution >= 4 is 0 Å². The summed E-state index contributed by atoms with van der Waals surface area (Å²) >= 11 is 0. The Morgan fingerprint density at radius 1 is 1.07 bits per heavy atom. The van der Waals surface area contributed by atoms with Crippen LogP contribution in [0.1, 0.15) is 49.1 Å². The Hall–Kier alpha value is -0.820. The summed E-state index contributed by atoms with van der Waals surface area (Å²) in [5.74, 6) is 0.591. The molecule has 0 amide bonds. The van der Waals surface area contributed by atoms with Crippen LogP contribution in [0.3, 0.4) is 0 Å². The molecule has 82 valence electrons. The van der Waals surface area contributed by atoms with Crippen LogP contribution in [0.4, 0.5) is 0 Å². The lowest BCUT2D eigenvalue weighted by molar-refractivity contribution is 0.503. The molecule has 1 fully saturated rings. The maximum atomic E-state index is 6.28. The minimum absolute atomic E-state index is 0.369. The normalized spacial score (nSPS) is 27.3. The van der Waals surface area contributed by atoms with Crippen molar-refractivity contribution in [2.24, 2.45) is 5.73 Å². The van der Waals surface area contributed by atoms with Gasteiger partial charge in [0.05, 0.1) is 0 Å². The highest BCUT2D eigenvalue weighted by molar-refractivity contribution is 5.30. The van der Waals surface area contributed by atoms with Gasteiger partial charge in [-0.1, -0.05) is 43.5 Å². The van der Waals surface area contributed by atoms with Gasteiger partial charge in [0.1, 0.15) is 0 Å². The third-order valence-electron chi connectivity index (χ3n) is 3.66. The molecule has 15 heavy (non-hydrogen) atoms. The third-order valence-corrected chi connectivity index (χ3v) is 3.66. The van der Waals surface area contributed by atoms with Crippen LogP contribution < -0.4 is 5.73 Å². The first-order valence-electron chi connectivity index (χ1n) is 6.10. The average molecular weight is 203 g/mol. The van der Waals surface area contributed by atoms with Gasteiger partial charge < -0.3 is 5.73 Å². The highest BCUT2D eigenvalue weighted by Gasteiger charge is 2.22. The first-order chi connectivity index (χ1) is 7.29. The molecule has 1 aromatic rings. The fourth-order valence-electron chi connectivity index (χ4n) is 2.73. The summed E-state index contributed by atoms with van der Waals surface area (Å²) in [6, 6.07) is 9.08. The molecular formula is C14H21N. The second-order valence-corrected chi connectivity index (χ2v) is 4.76. The van der Waals surface area contributed by atoms with E-state index in [-0.39, 0.29) is 0 Å². The Bertz CT molecular complexity index is 319. The number of nitrogens with two attached hydrogens (primary N) is 1. The van der Waals surface area contributed by atoms with E-state index in [1.165, 1.54) is 43.2 Å². The van der Waals surface area contributed by atoms with Gasteiger partial charge >= 0.3 is 0 Å². The first-order valence-corrected chi connectivity index (χ1v) is 6.10. The zero-order valence-electron chi connectivity index (χ0n) is 9.58. The first kappa shape index (κ1) is 10.7. The summed E-state index contributed by atoms with van der Waals surface area (Å²) in [7, 11) is 0. The number of hydrogen-bond acceptors (Lipinski definition) is 1. The molecule has 0 bridgehead atoms. The minimum atomic E-state index is 0.369. The Balaban J connectivity index is 2.24. The zero-order valence-corrected chi connectivity index (χ0v) is 9.58. The summed E-state index contributed by atoms with van der Waals surface area (Å²) in [5.41, 5.74) is 9.16. The predicted molar refractivity (Wildman–Crippen MR) is 65.0 cm³/mol. The number of benzene rings is 1. The molecule has 1 heteroatoms. The van der Waals surface area contributed by atoms with Crippen LogP contribution >= 0.6 is 0 Å². The second kappa shape index (κ2) is 4.80. The van der Waals surface area contributed by atoms with E-state index in [1.807, 2.05) is 0 Å². The van der Waals surface area contributed by atoms with Gasteiger partial charge in [-0.05, 0) is 36.8 Å². The summed E-state index contributed by atoms with van der Waals surface area (Å²) in [5, 5.41) is 0. The van der Waals surface area contributed by atoms with Gasteiger partial charge in [0.25, 0.3) is 0 Å². The van der Waals surface area contributed by atoms with Gasteiger partial charge in [-0.3, -0.25) is 0 Å². The Morgan fingerprint density at radius 2 is 1.80 bits per heavy atom. The van der Waals surface area contributed by atoms with Crippen molar-refractivity contribution in [3.8, 4) is 0 Å². The van der Waals surface area contributed by atoms with E-state index >= 15 is 0 Å². The number of aryl methyl sites for hydroxylation is 1. The molecule has 2 atom stereocenters. The molecule has 1 nitrogen and oxygen atoms in total. The molecule has 1 saturated carbocycles. The molecule has 1 aromatic carbocycles. The Kier molecular flexibility index (Phi) is 3.42. The monoisotopic (exact) mass is 203 g/mol. The highest BCUT2D eigenvalue weighted by atomic mass is 14.7. The van der Waals surface area contributed by atoms with Crippen molar-refractivity contribution in [1.29, 1.82) is 0 Å². The summed E-state index contributed by atoms with van der Waals surface area (Å²) in [6.07, 6.45) is 6.47. The van der Waals surface area contributed by atoms with Crippen LogP contribution in [0.5, 0.6) is 0 Å². The molecular weight excluding hydrogens is 182 g/mol. The maximum Gasteiger partial charge on any atom is 0.0108 e. The SMILES string of the molecule is Cc1ccccc1C1CCCCCC1N. The lowest BCUT2D eigenvalue weighted by atomic mass is 9.86. The molecule has 2 N–H and O–H groups in total. The summed E-state index contributed by atoms with van der Waals surface area (Å²) in [6.45, 7) is 2.20. The van der Waals surface area contributed by atoms with Gasteiger partial charge in [0.15, 0.2) is 0 Å². The molecule has 0 aromatic heterocycles. The standard InChI is InChI=1S/C14H21N/c1-11-7-5-6-8-12(11)13-9-3-2-4-10-14(13)15/h5-8,13-14H,2-4,9-10,15H2,1H3.